The van der Waals surface area contributed by atoms with Gasteiger partial charge in [-0.05, 0) is 29.3 Å². The zero-order valence-corrected chi connectivity index (χ0v) is 13.2. The number of carbonyl (C=O) groups is 1. The van der Waals surface area contributed by atoms with E-state index < -0.39 is 15.9 Å². The number of furan rings is 1. The Morgan fingerprint density at radius 1 is 1.60 bits per heavy atom. The summed E-state index contributed by atoms with van der Waals surface area (Å²) in [5.74, 6) is -0.345. The van der Waals surface area contributed by atoms with Crippen molar-refractivity contribution in [1.82, 2.24) is 5.32 Å². The number of amides is 1. The van der Waals surface area contributed by atoms with Gasteiger partial charge in [0.05, 0.1) is 6.10 Å². The van der Waals surface area contributed by atoms with Crippen molar-refractivity contribution in [2.75, 3.05) is 13.2 Å². The topological polar surface area (TPSA) is 112 Å². The van der Waals surface area contributed by atoms with Crippen molar-refractivity contribution in [2.24, 2.45) is 11.1 Å². The maximum atomic E-state index is 11.9. The van der Waals surface area contributed by atoms with Gasteiger partial charge in [0.1, 0.15) is 4.90 Å². The van der Waals surface area contributed by atoms with Crippen LogP contribution in [0, 0.1) is 5.92 Å². The van der Waals surface area contributed by atoms with Crippen molar-refractivity contribution < 1.29 is 22.4 Å². The van der Waals surface area contributed by atoms with Crippen molar-refractivity contribution in [3.05, 3.63) is 16.5 Å². The van der Waals surface area contributed by atoms with Gasteiger partial charge < -0.3 is 14.5 Å². The molecule has 112 valence electrons. The summed E-state index contributed by atoms with van der Waals surface area (Å²) < 4.78 is 32.8. The highest BCUT2D eigenvalue weighted by Crippen LogP contribution is 2.25. The summed E-state index contributed by atoms with van der Waals surface area (Å²) in [5, 5.41) is 7.69. The number of ether oxygens (including phenoxy) is 1. The number of hydrogen-bond acceptors (Lipinski definition) is 5. The largest absolute Gasteiger partial charge is 0.443 e. The van der Waals surface area contributed by atoms with E-state index in [0.29, 0.717) is 13.2 Å². The van der Waals surface area contributed by atoms with Gasteiger partial charge in [-0.2, -0.15) is 0 Å². The number of sulfonamides is 1. The predicted molar refractivity (Wildman–Crippen MR) is 73.6 cm³/mol. The van der Waals surface area contributed by atoms with Crippen molar-refractivity contribution in [3.8, 4) is 0 Å². The standard InChI is InChI=1S/C11H15BrN2O5S/c1-6-7(2-3-18-6)5-14-11(15)8-4-9(10(12)19-8)20(13,16)17/h4,6-7H,2-3,5H2,1H3,(H,14,15)(H2,13,16,17). The first-order valence-corrected chi connectivity index (χ1v) is 8.35. The monoisotopic (exact) mass is 366 g/mol. The minimum atomic E-state index is -3.93. The Hall–Kier alpha value is -0.900. The molecule has 2 unspecified atom stereocenters. The lowest BCUT2D eigenvalue weighted by molar-refractivity contribution is 0.0883. The van der Waals surface area contributed by atoms with Crippen LogP contribution in [-0.2, 0) is 14.8 Å². The third-order valence-corrected chi connectivity index (χ3v) is 5.01. The molecular formula is C11H15BrN2O5S. The summed E-state index contributed by atoms with van der Waals surface area (Å²) in [6, 6.07) is 1.10. The molecule has 1 fully saturated rings. The summed E-state index contributed by atoms with van der Waals surface area (Å²) in [5.41, 5.74) is 0. The number of carbonyl (C=O) groups excluding carboxylic acids is 1. The normalized spacial score (nSPS) is 22.9. The van der Waals surface area contributed by atoms with E-state index in [1.165, 1.54) is 0 Å². The number of hydrogen-bond donors (Lipinski definition) is 2. The molecule has 0 spiro atoms. The van der Waals surface area contributed by atoms with Gasteiger partial charge in [-0.25, -0.2) is 13.6 Å². The smallest absolute Gasteiger partial charge is 0.287 e. The number of rotatable bonds is 4. The molecule has 20 heavy (non-hydrogen) atoms. The molecule has 1 aliphatic rings. The van der Waals surface area contributed by atoms with Gasteiger partial charge in [0.15, 0.2) is 10.4 Å². The minimum absolute atomic E-state index is 0.0808. The highest BCUT2D eigenvalue weighted by molar-refractivity contribution is 9.10. The van der Waals surface area contributed by atoms with Crippen LogP contribution in [0.25, 0.3) is 0 Å². The molecule has 1 amide bonds. The molecule has 9 heteroatoms. The lowest BCUT2D eigenvalue weighted by Crippen LogP contribution is -2.31. The van der Waals surface area contributed by atoms with E-state index in [4.69, 9.17) is 14.3 Å². The molecular weight excluding hydrogens is 352 g/mol. The van der Waals surface area contributed by atoms with Crippen LogP contribution in [0.2, 0.25) is 0 Å². The highest BCUT2D eigenvalue weighted by Gasteiger charge is 2.26. The molecule has 1 aromatic rings. The average Bonchev–Trinajstić information content (AvgIpc) is 2.92. The summed E-state index contributed by atoms with van der Waals surface area (Å²) >= 11 is 2.92. The van der Waals surface area contributed by atoms with Gasteiger partial charge in [0.25, 0.3) is 5.91 Å². The molecule has 0 aliphatic carbocycles. The Kier molecular flexibility index (Phi) is 4.52. The van der Waals surface area contributed by atoms with Gasteiger partial charge >= 0.3 is 0 Å². The van der Waals surface area contributed by atoms with Crippen LogP contribution >= 0.6 is 15.9 Å². The van der Waals surface area contributed by atoms with Crippen LogP contribution in [0.5, 0.6) is 0 Å². The summed E-state index contributed by atoms with van der Waals surface area (Å²) in [6.45, 7) is 3.08. The second kappa shape index (κ2) is 5.84. The lowest BCUT2D eigenvalue weighted by atomic mass is 10.0. The predicted octanol–water partition coefficient (Wildman–Crippen LogP) is 0.844. The number of primary sulfonamides is 1. The highest BCUT2D eigenvalue weighted by atomic mass is 79.9. The van der Waals surface area contributed by atoms with Gasteiger partial charge in [0, 0.05) is 25.1 Å². The summed E-state index contributed by atoms with van der Waals surface area (Å²) in [7, 11) is -3.93. The van der Waals surface area contributed by atoms with Crippen molar-refractivity contribution >= 4 is 31.9 Å². The Morgan fingerprint density at radius 2 is 2.30 bits per heavy atom. The van der Waals surface area contributed by atoms with Gasteiger partial charge in [0.2, 0.25) is 10.0 Å². The molecule has 1 saturated heterocycles. The van der Waals surface area contributed by atoms with Crippen molar-refractivity contribution in [3.63, 3.8) is 0 Å². The molecule has 3 N–H and O–H groups in total. The van der Waals surface area contributed by atoms with Crippen LogP contribution in [0.4, 0.5) is 0 Å². The SMILES string of the molecule is CC1OCCC1CNC(=O)c1cc(S(N)(=O)=O)c(Br)o1. The molecule has 0 radical (unpaired) electrons. The zero-order valence-electron chi connectivity index (χ0n) is 10.8. The summed E-state index contributed by atoms with van der Waals surface area (Å²) in [6.07, 6.45) is 0.977. The van der Waals surface area contributed by atoms with Crippen LogP contribution in [0.15, 0.2) is 20.0 Å². The first-order chi connectivity index (χ1) is 9.29. The van der Waals surface area contributed by atoms with Crippen molar-refractivity contribution in [2.45, 2.75) is 24.3 Å². The fourth-order valence-corrected chi connectivity index (χ4v) is 3.52. The van der Waals surface area contributed by atoms with Crippen LogP contribution in [0.3, 0.4) is 0 Å². The molecule has 1 aliphatic heterocycles. The number of nitrogens with one attached hydrogen (secondary N) is 1. The Balaban J connectivity index is 2.03. The van der Waals surface area contributed by atoms with Crippen molar-refractivity contribution in [1.29, 1.82) is 0 Å². The molecule has 0 saturated carbocycles. The van der Waals surface area contributed by atoms with E-state index >= 15 is 0 Å². The Bertz CT molecular complexity index is 612. The molecule has 0 aromatic carbocycles. The zero-order chi connectivity index (χ0) is 14.9. The van der Waals surface area contributed by atoms with E-state index in [-0.39, 0.29) is 27.3 Å². The second-order valence-electron chi connectivity index (χ2n) is 4.63. The fraction of sp³-hybridized carbons (Fsp3) is 0.545. The Labute approximate surface area is 125 Å². The van der Waals surface area contributed by atoms with Gasteiger partial charge in [-0.1, -0.05) is 0 Å². The van der Waals surface area contributed by atoms with Crippen LogP contribution in [-0.4, -0.2) is 33.6 Å². The molecule has 7 nitrogen and oxygen atoms in total. The lowest BCUT2D eigenvalue weighted by Gasteiger charge is -2.13. The number of nitrogens with two attached hydrogens (primary N) is 1. The first-order valence-electron chi connectivity index (χ1n) is 6.01. The van der Waals surface area contributed by atoms with Gasteiger partial charge in [-0.15, -0.1) is 0 Å². The third-order valence-electron chi connectivity index (χ3n) is 3.24. The third kappa shape index (κ3) is 3.40. The molecule has 2 heterocycles. The average molecular weight is 367 g/mol. The van der Waals surface area contributed by atoms with E-state index in [1.54, 1.807) is 0 Å². The second-order valence-corrected chi connectivity index (χ2v) is 6.88. The van der Waals surface area contributed by atoms with E-state index in [2.05, 4.69) is 21.2 Å². The maximum Gasteiger partial charge on any atom is 0.287 e. The number of halogens is 1. The van der Waals surface area contributed by atoms with Crippen LogP contribution < -0.4 is 10.5 Å². The molecule has 2 rings (SSSR count). The molecule has 1 aromatic heterocycles. The fourth-order valence-electron chi connectivity index (χ4n) is 2.01. The van der Waals surface area contributed by atoms with E-state index in [1.807, 2.05) is 6.92 Å². The van der Waals surface area contributed by atoms with Crippen LogP contribution in [0.1, 0.15) is 23.9 Å². The molecule has 2 atom stereocenters. The van der Waals surface area contributed by atoms with E-state index in [0.717, 1.165) is 12.5 Å². The maximum absolute atomic E-state index is 11.9. The van der Waals surface area contributed by atoms with Gasteiger partial charge in [-0.3, -0.25) is 4.79 Å². The molecule has 0 bridgehead atoms. The summed E-state index contributed by atoms with van der Waals surface area (Å²) in [4.78, 5) is 11.6. The minimum Gasteiger partial charge on any atom is -0.443 e. The quantitative estimate of drug-likeness (QED) is 0.819. The van der Waals surface area contributed by atoms with E-state index in [9.17, 15) is 13.2 Å². The first kappa shape index (κ1) is 15.5. The Morgan fingerprint density at radius 3 is 2.80 bits per heavy atom.